The summed E-state index contributed by atoms with van der Waals surface area (Å²) in [5, 5.41) is 3.56. The maximum atomic E-state index is 11.6. The van der Waals surface area contributed by atoms with Crippen molar-refractivity contribution in [2.24, 2.45) is 0 Å². The zero-order valence-electron chi connectivity index (χ0n) is 12.7. The Balaban J connectivity index is 1.71. The van der Waals surface area contributed by atoms with Gasteiger partial charge < -0.3 is 10.1 Å². The molecule has 1 unspecified atom stereocenters. The molecule has 1 saturated heterocycles. The number of methoxy groups -OCH3 is 1. The number of hydrogen-bond acceptors (Lipinski definition) is 3. The van der Waals surface area contributed by atoms with Crippen LogP contribution in [0.2, 0.25) is 0 Å². The quantitative estimate of drug-likeness (QED) is 0.862. The molecule has 0 spiro atoms. The lowest BCUT2D eigenvalue weighted by atomic mass is 9.88. The van der Waals surface area contributed by atoms with E-state index >= 15 is 0 Å². The summed E-state index contributed by atoms with van der Waals surface area (Å²) in [6.45, 7) is 1.18. The summed E-state index contributed by atoms with van der Waals surface area (Å²) in [6.07, 6.45) is 9.54. The Bertz CT molecular complexity index is 556. The molecule has 1 heterocycles. The predicted molar refractivity (Wildman–Crippen MR) is 84.3 cm³/mol. The van der Waals surface area contributed by atoms with Gasteiger partial charge in [-0.3, -0.25) is 0 Å². The van der Waals surface area contributed by atoms with Crippen LogP contribution in [0.1, 0.15) is 53.6 Å². The average Bonchev–Trinajstić information content (AvgIpc) is 3.04. The molecular formula is C18H23NO2. The van der Waals surface area contributed by atoms with Gasteiger partial charge in [-0.1, -0.05) is 17.7 Å². The normalized spacial score (nSPS) is 20.8. The molecule has 21 heavy (non-hydrogen) atoms. The van der Waals surface area contributed by atoms with Crippen molar-refractivity contribution in [2.45, 2.75) is 44.6 Å². The zero-order chi connectivity index (χ0) is 14.7. The van der Waals surface area contributed by atoms with Crippen LogP contribution >= 0.6 is 0 Å². The monoisotopic (exact) mass is 285 g/mol. The smallest absolute Gasteiger partial charge is 0.337 e. The van der Waals surface area contributed by atoms with Gasteiger partial charge in [0.2, 0.25) is 0 Å². The van der Waals surface area contributed by atoms with Gasteiger partial charge in [0.1, 0.15) is 0 Å². The second-order valence-corrected chi connectivity index (χ2v) is 6.04. The van der Waals surface area contributed by atoms with Crippen LogP contribution < -0.4 is 5.32 Å². The van der Waals surface area contributed by atoms with Crippen molar-refractivity contribution in [1.29, 1.82) is 0 Å². The fourth-order valence-electron chi connectivity index (χ4n) is 3.35. The summed E-state index contributed by atoms with van der Waals surface area (Å²) < 4.78 is 4.80. The highest BCUT2D eigenvalue weighted by molar-refractivity contribution is 5.90. The van der Waals surface area contributed by atoms with Gasteiger partial charge in [0.25, 0.3) is 0 Å². The number of benzene rings is 1. The lowest BCUT2D eigenvalue weighted by Gasteiger charge is -2.18. The first-order valence-corrected chi connectivity index (χ1v) is 7.90. The van der Waals surface area contributed by atoms with E-state index < -0.39 is 0 Å². The van der Waals surface area contributed by atoms with Gasteiger partial charge in [-0.2, -0.15) is 0 Å². The molecule has 1 aliphatic carbocycles. The first-order chi connectivity index (χ1) is 10.3. The molecule has 0 aromatic heterocycles. The van der Waals surface area contributed by atoms with Crippen molar-refractivity contribution >= 4 is 12.0 Å². The summed E-state index contributed by atoms with van der Waals surface area (Å²) in [5.74, 6) is -0.256. The third kappa shape index (κ3) is 3.35. The number of hydrogen-bond donors (Lipinski definition) is 1. The Morgan fingerprint density at radius 2 is 2.29 bits per heavy atom. The Labute approximate surface area is 126 Å². The number of fused-ring (bicyclic) bond motifs is 1. The highest BCUT2D eigenvalue weighted by Crippen LogP contribution is 2.28. The number of carbonyl (C=O) groups is 1. The van der Waals surface area contributed by atoms with E-state index in [-0.39, 0.29) is 5.97 Å². The number of allylic oxidation sites excluding steroid dienone is 1. The molecule has 1 N–H and O–H groups in total. The minimum Gasteiger partial charge on any atom is -0.465 e. The largest absolute Gasteiger partial charge is 0.465 e. The lowest BCUT2D eigenvalue weighted by molar-refractivity contribution is 0.0600. The summed E-state index contributed by atoms with van der Waals surface area (Å²) in [5.41, 5.74) is 4.69. The van der Waals surface area contributed by atoms with E-state index in [1.165, 1.54) is 56.0 Å². The minimum absolute atomic E-state index is 0.256. The Morgan fingerprint density at radius 3 is 3.05 bits per heavy atom. The molecule has 1 fully saturated rings. The lowest BCUT2D eigenvalue weighted by Crippen LogP contribution is -2.21. The fraction of sp³-hybridized carbons (Fsp3) is 0.500. The fourth-order valence-corrected chi connectivity index (χ4v) is 3.35. The number of aryl methyl sites for hydroxylation is 1. The van der Waals surface area contributed by atoms with Crippen molar-refractivity contribution in [3.05, 3.63) is 40.5 Å². The van der Waals surface area contributed by atoms with Crippen molar-refractivity contribution < 1.29 is 9.53 Å². The molecule has 3 rings (SSSR count). The third-order valence-electron chi connectivity index (χ3n) is 4.62. The van der Waals surface area contributed by atoms with Crippen LogP contribution in [0.25, 0.3) is 6.08 Å². The van der Waals surface area contributed by atoms with E-state index in [1.807, 2.05) is 12.1 Å². The summed E-state index contributed by atoms with van der Waals surface area (Å²) >= 11 is 0. The van der Waals surface area contributed by atoms with Crippen molar-refractivity contribution in [2.75, 3.05) is 13.7 Å². The maximum absolute atomic E-state index is 11.6. The molecule has 0 amide bonds. The molecule has 0 radical (unpaired) electrons. The van der Waals surface area contributed by atoms with Gasteiger partial charge in [-0.05, 0) is 68.3 Å². The van der Waals surface area contributed by atoms with Crippen molar-refractivity contribution in [3.8, 4) is 0 Å². The van der Waals surface area contributed by atoms with Crippen LogP contribution in [-0.4, -0.2) is 25.7 Å². The zero-order valence-corrected chi connectivity index (χ0v) is 12.7. The van der Waals surface area contributed by atoms with Gasteiger partial charge in [-0.15, -0.1) is 0 Å². The van der Waals surface area contributed by atoms with E-state index in [9.17, 15) is 4.79 Å². The van der Waals surface area contributed by atoms with Gasteiger partial charge in [0.15, 0.2) is 0 Å². The molecular weight excluding hydrogens is 262 g/mol. The summed E-state index contributed by atoms with van der Waals surface area (Å²) in [4.78, 5) is 11.6. The molecule has 3 nitrogen and oxygen atoms in total. The van der Waals surface area contributed by atoms with Crippen LogP contribution in [-0.2, 0) is 11.2 Å². The molecule has 2 aliphatic rings. The van der Waals surface area contributed by atoms with Crippen LogP contribution in [0.3, 0.4) is 0 Å². The Kier molecular flexibility index (Phi) is 4.39. The number of nitrogens with one attached hydrogen (secondary N) is 1. The predicted octanol–water partition coefficient (Wildman–Crippen LogP) is 3.34. The van der Waals surface area contributed by atoms with E-state index in [2.05, 4.69) is 17.5 Å². The number of rotatable bonds is 4. The third-order valence-corrected chi connectivity index (χ3v) is 4.62. The molecule has 1 aromatic carbocycles. The van der Waals surface area contributed by atoms with E-state index in [0.29, 0.717) is 11.6 Å². The first kappa shape index (κ1) is 14.3. The van der Waals surface area contributed by atoms with Crippen LogP contribution in [0.15, 0.2) is 23.8 Å². The molecule has 112 valence electrons. The molecule has 3 heteroatoms. The highest BCUT2D eigenvalue weighted by atomic mass is 16.5. The van der Waals surface area contributed by atoms with Crippen LogP contribution in [0.4, 0.5) is 0 Å². The van der Waals surface area contributed by atoms with E-state index in [0.717, 1.165) is 12.8 Å². The standard InChI is InChI=1S/C18H23NO2/c1-21-18(20)15-8-7-14-6-4-13(11-16(14)12-15)5-9-17-3-2-10-19-17/h7-8,11-12,17,19H,2-6,9-10H2,1H3. The number of ether oxygens (including phenoxy) is 1. The van der Waals surface area contributed by atoms with Gasteiger partial charge in [-0.25, -0.2) is 4.79 Å². The van der Waals surface area contributed by atoms with Gasteiger partial charge in [0, 0.05) is 6.04 Å². The van der Waals surface area contributed by atoms with E-state index in [4.69, 9.17) is 4.74 Å². The van der Waals surface area contributed by atoms with Gasteiger partial charge in [0.05, 0.1) is 12.7 Å². The van der Waals surface area contributed by atoms with Crippen molar-refractivity contribution in [1.82, 2.24) is 5.32 Å². The second kappa shape index (κ2) is 6.44. The maximum Gasteiger partial charge on any atom is 0.337 e. The SMILES string of the molecule is COC(=O)c1ccc2c(c1)C=C(CCC1CCCN1)CC2. The molecule has 1 atom stereocenters. The molecule has 1 aliphatic heterocycles. The average molecular weight is 285 g/mol. The van der Waals surface area contributed by atoms with Crippen molar-refractivity contribution in [3.63, 3.8) is 0 Å². The minimum atomic E-state index is -0.256. The number of carbonyl (C=O) groups excluding carboxylic acids is 1. The Hall–Kier alpha value is -1.61. The molecule has 1 aromatic rings. The van der Waals surface area contributed by atoms with E-state index in [1.54, 1.807) is 0 Å². The number of esters is 1. The topological polar surface area (TPSA) is 38.3 Å². The Morgan fingerprint density at radius 1 is 1.38 bits per heavy atom. The second-order valence-electron chi connectivity index (χ2n) is 6.04. The summed E-state index contributed by atoms with van der Waals surface area (Å²) in [6, 6.07) is 6.60. The highest BCUT2D eigenvalue weighted by Gasteiger charge is 2.17. The van der Waals surface area contributed by atoms with Crippen LogP contribution in [0.5, 0.6) is 0 Å². The molecule has 0 saturated carbocycles. The van der Waals surface area contributed by atoms with Crippen LogP contribution in [0, 0.1) is 0 Å². The summed E-state index contributed by atoms with van der Waals surface area (Å²) in [7, 11) is 1.43. The van der Waals surface area contributed by atoms with Gasteiger partial charge >= 0.3 is 5.97 Å². The first-order valence-electron chi connectivity index (χ1n) is 7.90. The molecule has 0 bridgehead atoms.